The molecule has 0 unspecified atom stereocenters. The summed E-state index contributed by atoms with van der Waals surface area (Å²) in [7, 11) is 0. The number of para-hydroxylation sites is 2. The second-order valence-electron chi connectivity index (χ2n) is 7.36. The van der Waals surface area contributed by atoms with Crippen LogP contribution in [0.3, 0.4) is 0 Å². The van der Waals surface area contributed by atoms with Gasteiger partial charge in [0.25, 0.3) is 0 Å². The summed E-state index contributed by atoms with van der Waals surface area (Å²) in [6, 6.07) is 22.1. The van der Waals surface area contributed by atoms with Gasteiger partial charge in [-0.1, -0.05) is 48.5 Å². The van der Waals surface area contributed by atoms with Gasteiger partial charge in [0.2, 0.25) is 5.95 Å². The zero-order valence-corrected chi connectivity index (χ0v) is 16.1. The fourth-order valence-corrected chi connectivity index (χ4v) is 3.95. The minimum Gasteiger partial charge on any atom is -0.341 e. The number of nitrogens with one attached hydrogen (secondary N) is 2. The minimum atomic E-state index is -0.0483. The third kappa shape index (κ3) is 3.49. The molecule has 1 aromatic heterocycles. The molecule has 1 fully saturated rings. The number of carbonyl (C=O) groups is 1. The van der Waals surface area contributed by atoms with Gasteiger partial charge in [0.15, 0.2) is 0 Å². The number of fused-ring (bicyclic) bond motifs is 2. The Morgan fingerprint density at radius 1 is 0.897 bits per heavy atom. The maximum atomic E-state index is 12.9. The first-order chi connectivity index (χ1) is 14.3. The lowest BCUT2D eigenvalue weighted by molar-refractivity contribution is 0.215. The van der Waals surface area contributed by atoms with Crippen LogP contribution in [0.4, 0.5) is 16.4 Å². The summed E-state index contributed by atoms with van der Waals surface area (Å²) in [5.74, 6) is 0.877. The quantitative estimate of drug-likeness (QED) is 0.535. The Labute approximate surface area is 169 Å². The number of nitrogens with zero attached hydrogens (tertiary/aromatic N) is 3. The zero-order chi connectivity index (χ0) is 19.6. The van der Waals surface area contributed by atoms with Crippen molar-refractivity contribution in [2.45, 2.75) is 6.42 Å². The van der Waals surface area contributed by atoms with Gasteiger partial charge in [-0.2, -0.15) is 0 Å². The number of hydrogen-bond donors (Lipinski definition) is 2. The predicted octanol–water partition coefficient (Wildman–Crippen LogP) is 4.46. The summed E-state index contributed by atoms with van der Waals surface area (Å²) in [5.41, 5.74) is 2.86. The number of amides is 2. The molecule has 6 heteroatoms. The molecular weight excluding hydrogens is 362 g/mol. The summed E-state index contributed by atoms with van der Waals surface area (Å²) in [5, 5.41) is 5.28. The lowest BCUT2D eigenvalue weighted by Gasteiger charge is -2.22. The van der Waals surface area contributed by atoms with Crippen LogP contribution in [0, 0.1) is 0 Å². The van der Waals surface area contributed by atoms with E-state index in [1.807, 2.05) is 59.5 Å². The maximum Gasteiger partial charge on any atom is 0.321 e. The topological polar surface area (TPSA) is 64.3 Å². The van der Waals surface area contributed by atoms with Crippen molar-refractivity contribution < 1.29 is 4.79 Å². The van der Waals surface area contributed by atoms with Crippen LogP contribution in [0.5, 0.6) is 0 Å². The molecule has 2 N–H and O–H groups in total. The van der Waals surface area contributed by atoms with E-state index in [0.717, 1.165) is 59.5 Å². The van der Waals surface area contributed by atoms with Crippen LogP contribution >= 0.6 is 0 Å². The first kappa shape index (κ1) is 17.6. The standard InChI is InChI=1S/C23H23N5O/c29-23(26-19-12-5-8-17-7-1-2-9-18(17)19)28-14-6-13-27(15-16-28)22-24-20-10-3-4-11-21(20)25-22/h1-5,7-12H,6,13-16H2,(H,24,25)(H,26,29). The van der Waals surface area contributed by atoms with Gasteiger partial charge in [-0.3, -0.25) is 0 Å². The first-order valence-electron chi connectivity index (χ1n) is 10.0. The molecule has 29 heavy (non-hydrogen) atoms. The normalized spacial score (nSPS) is 14.9. The number of benzene rings is 3. The SMILES string of the molecule is O=C(Nc1cccc2ccccc12)N1CCCN(c2nc3ccccc3[nH]2)CC1. The van der Waals surface area contributed by atoms with E-state index in [2.05, 4.69) is 27.3 Å². The van der Waals surface area contributed by atoms with Crippen molar-refractivity contribution in [3.8, 4) is 0 Å². The second-order valence-corrected chi connectivity index (χ2v) is 7.36. The number of rotatable bonds is 2. The van der Waals surface area contributed by atoms with Crippen molar-refractivity contribution in [3.63, 3.8) is 0 Å². The average Bonchev–Trinajstić information content (AvgIpc) is 3.03. The van der Waals surface area contributed by atoms with Crippen molar-refractivity contribution in [1.82, 2.24) is 14.9 Å². The molecular formula is C23H23N5O. The van der Waals surface area contributed by atoms with Gasteiger partial charge < -0.3 is 20.1 Å². The summed E-state index contributed by atoms with van der Waals surface area (Å²) < 4.78 is 0. The highest BCUT2D eigenvalue weighted by molar-refractivity contribution is 6.01. The first-order valence-corrected chi connectivity index (χ1v) is 10.0. The number of carbonyl (C=O) groups excluding carboxylic acids is 1. The van der Waals surface area contributed by atoms with Gasteiger partial charge in [0, 0.05) is 31.6 Å². The number of hydrogen-bond acceptors (Lipinski definition) is 3. The van der Waals surface area contributed by atoms with Crippen molar-refractivity contribution in [2.24, 2.45) is 0 Å². The zero-order valence-electron chi connectivity index (χ0n) is 16.1. The Hall–Kier alpha value is -3.54. The second kappa shape index (κ2) is 7.47. The molecule has 2 heterocycles. The van der Waals surface area contributed by atoms with Crippen LogP contribution in [0.15, 0.2) is 66.7 Å². The van der Waals surface area contributed by atoms with E-state index in [-0.39, 0.29) is 6.03 Å². The van der Waals surface area contributed by atoms with Crippen molar-refractivity contribution in [3.05, 3.63) is 66.7 Å². The molecule has 4 aromatic rings. The molecule has 6 nitrogen and oxygen atoms in total. The van der Waals surface area contributed by atoms with Crippen molar-refractivity contribution >= 4 is 39.5 Å². The number of aromatic amines is 1. The minimum absolute atomic E-state index is 0.0483. The van der Waals surface area contributed by atoms with Gasteiger partial charge in [-0.15, -0.1) is 0 Å². The number of imidazole rings is 1. The molecule has 1 saturated heterocycles. The van der Waals surface area contributed by atoms with E-state index in [1.165, 1.54) is 0 Å². The van der Waals surface area contributed by atoms with Gasteiger partial charge >= 0.3 is 6.03 Å². The third-order valence-electron chi connectivity index (χ3n) is 5.49. The molecule has 0 radical (unpaired) electrons. The molecule has 1 aliphatic heterocycles. The molecule has 2 amide bonds. The van der Waals surface area contributed by atoms with E-state index in [9.17, 15) is 4.79 Å². The van der Waals surface area contributed by atoms with Crippen molar-refractivity contribution in [2.75, 3.05) is 36.4 Å². The lowest BCUT2D eigenvalue weighted by Crippen LogP contribution is -2.38. The van der Waals surface area contributed by atoms with Crippen molar-refractivity contribution in [1.29, 1.82) is 0 Å². The smallest absolute Gasteiger partial charge is 0.321 e. The highest BCUT2D eigenvalue weighted by Crippen LogP contribution is 2.24. The van der Waals surface area contributed by atoms with Crippen LogP contribution < -0.4 is 10.2 Å². The van der Waals surface area contributed by atoms with E-state index >= 15 is 0 Å². The Morgan fingerprint density at radius 3 is 2.66 bits per heavy atom. The van der Waals surface area contributed by atoms with Crippen LogP contribution in [0.2, 0.25) is 0 Å². The Kier molecular flexibility index (Phi) is 4.52. The number of aromatic nitrogens is 2. The van der Waals surface area contributed by atoms with Gasteiger partial charge in [-0.05, 0) is 30.0 Å². The van der Waals surface area contributed by atoms with E-state index < -0.39 is 0 Å². The van der Waals surface area contributed by atoms with Gasteiger partial charge in [-0.25, -0.2) is 9.78 Å². The highest BCUT2D eigenvalue weighted by atomic mass is 16.2. The fourth-order valence-electron chi connectivity index (χ4n) is 3.95. The molecule has 5 rings (SSSR count). The van der Waals surface area contributed by atoms with Gasteiger partial charge in [0.05, 0.1) is 16.7 Å². The third-order valence-corrected chi connectivity index (χ3v) is 5.49. The Bertz CT molecular complexity index is 1130. The molecule has 0 atom stereocenters. The maximum absolute atomic E-state index is 12.9. The molecule has 3 aromatic carbocycles. The molecule has 146 valence electrons. The predicted molar refractivity (Wildman–Crippen MR) is 117 cm³/mol. The van der Waals surface area contributed by atoms with Crippen LogP contribution in [0.25, 0.3) is 21.8 Å². The molecule has 1 aliphatic rings. The van der Waals surface area contributed by atoms with Crippen LogP contribution in [0.1, 0.15) is 6.42 Å². The van der Waals surface area contributed by atoms with Crippen LogP contribution in [-0.2, 0) is 0 Å². The summed E-state index contributed by atoms with van der Waals surface area (Å²) >= 11 is 0. The van der Waals surface area contributed by atoms with E-state index in [0.29, 0.717) is 6.54 Å². The molecule has 0 bridgehead atoms. The molecule has 0 saturated carbocycles. The Morgan fingerprint density at radius 2 is 1.72 bits per heavy atom. The monoisotopic (exact) mass is 385 g/mol. The largest absolute Gasteiger partial charge is 0.341 e. The average molecular weight is 385 g/mol. The summed E-state index contributed by atoms with van der Waals surface area (Å²) in [4.78, 5) is 25.1. The highest BCUT2D eigenvalue weighted by Gasteiger charge is 2.21. The number of H-pyrrole nitrogens is 1. The lowest BCUT2D eigenvalue weighted by atomic mass is 10.1. The molecule has 0 aliphatic carbocycles. The van der Waals surface area contributed by atoms with E-state index in [1.54, 1.807) is 0 Å². The summed E-state index contributed by atoms with van der Waals surface area (Å²) in [6.45, 7) is 3.02. The van der Waals surface area contributed by atoms with E-state index in [4.69, 9.17) is 4.98 Å². The number of urea groups is 1. The molecule has 0 spiro atoms. The summed E-state index contributed by atoms with van der Waals surface area (Å²) in [6.07, 6.45) is 0.903. The Balaban J connectivity index is 1.29. The fraction of sp³-hybridized carbons (Fsp3) is 0.217. The number of anilines is 2. The van der Waals surface area contributed by atoms with Crippen LogP contribution in [-0.4, -0.2) is 47.1 Å². The van der Waals surface area contributed by atoms with Gasteiger partial charge in [0.1, 0.15) is 0 Å².